The van der Waals surface area contributed by atoms with Gasteiger partial charge < -0.3 is 0 Å². The Bertz CT molecular complexity index is 687. The summed E-state index contributed by atoms with van der Waals surface area (Å²) in [5.41, 5.74) is 0.856. The van der Waals surface area contributed by atoms with E-state index in [1.165, 1.54) is 63.5 Å². The molecule has 0 spiro atoms. The molecule has 29 heavy (non-hydrogen) atoms. The van der Waals surface area contributed by atoms with Gasteiger partial charge in [0.1, 0.15) is 5.82 Å². The van der Waals surface area contributed by atoms with Crippen LogP contribution in [-0.2, 0) is 6.42 Å². The number of alkyl halides is 3. The molecule has 0 atom stereocenters. The molecule has 0 unspecified atom stereocenters. The van der Waals surface area contributed by atoms with Crippen LogP contribution in [0.1, 0.15) is 68.9 Å². The first-order chi connectivity index (χ1) is 13.8. The van der Waals surface area contributed by atoms with Crippen LogP contribution in [-0.4, -0.2) is 6.18 Å². The fraction of sp³-hybridized carbons (Fsp3) is 0.600. The highest BCUT2D eigenvalue weighted by atomic mass is 19.4. The van der Waals surface area contributed by atoms with Crippen molar-refractivity contribution in [1.29, 1.82) is 0 Å². The van der Waals surface area contributed by atoms with Crippen LogP contribution in [0.15, 0.2) is 36.9 Å². The van der Waals surface area contributed by atoms with Crippen LogP contribution in [0, 0.1) is 29.5 Å². The standard InChI is InChI=1S/C25H32F4/c1-2-18-5-10-21(11-6-18)22-12-7-19(8-13-22)3-4-20-9-14-23(24(26)17-20)15-16-25(27,28)29/h2,9,14-19,21-22H,1,3-8,10-13H2. The predicted molar refractivity (Wildman–Crippen MR) is 111 cm³/mol. The Morgan fingerprint density at radius 2 is 1.55 bits per heavy atom. The third kappa shape index (κ3) is 6.72. The lowest BCUT2D eigenvalue weighted by atomic mass is 9.68. The van der Waals surface area contributed by atoms with Gasteiger partial charge in [-0.05, 0) is 92.7 Å². The van der Waals surface area contributed by atoms with Crippen LogP contribution in [0.4, 0.5) is 17.6 Å². The Balaban J connectivity index is 1.43. The summed E-state index contributed by atoms with van der Waals surface area (Å²) in [6.45, 7) is 3.93. The molecular weight excluding hydrogens is 376 g/mol. The third-order valence-corrected chi connectivity index (χ3v) is 7.07. The van der Waals surface area contributed by atoms with Crippen molar-refractivity contribution in [2.75, 3.05) is 0 Å². The molecule has 0 nitrogen and oxygen atoms in total. The highest BCUT2D eigenvalue weighted by Crippen LogP contribution is 2.42. The fourth-order valence-electron chi connectivity index (χ4n) is 5.22. The number of hydrogen-bond acceptors (Lipinski definition) is 0. The van der Waals surface area contributed by atoms with Crippen LogP contribution in [0.25, 0.3) is 6.08 Å². The first-order valence-corrected chi connectivity index (χ1v) is 11.0. The number of allylic oxidation sites excluding steroid dienone is 2. The predicted octanol–water partition coefficient (Wildman–Crippen LogP) is 8.13. The van der Waals surface area contributed by atoms with Crippen molar-refractivity contribution < 1.29 is 17.6 Å². The second kappa shape index (κ2) is 9.95. The van der Waals surface area contributed by atoms with Gasteiger partial charge in [0.05, 0.1) is 0 Å². The molecule has 3 rings (SSSR count). The van der Waals surface area contributed by atoms with E-state index in [1.54, 1.807) is 6.07 Å². The van der Waals surface area contributed by atoms with Crippen molar-refractivity contribution in [3.8, 4) is 0 Å². The van der Waals surface area contributed by atoms with E-state index in [4.69, 9.17) is 0 Å². The Labute approximate surface area is 172 Å². The summed E-state index contributed by atoms with van der Waals surface area (Å²) < 4.78 is 50.8. The molecule has 1 aromatic carbocycles. The minimum atomic E-state index is -4.42. The molecule has 0 amide bonds. The molecule has 4 heteroatoms. The molecule has 2 aliphatic rings. The lowest BCUT2D eigenvalue weighted by Gasteiger charge is -2.37. The fourth-order valence-corrected chi connectivity index (χ4v) is 5.22. The molecule has 0 aliphatic heterocycles. The van der Waals surface area contributed by atoms with E-state index in [0.717, 1.165) is 42.2 Å². The molecule has 2 aliphatic carbocycles. The van der Waals surface area contributed by atoms with E-state index in [1.807, 2.05) is 0 Å². The quantitative estimate of drug-likeness (QED) is 0.329. The number of aryl methyl sites for hydroxylation is 1. The van der Waals surface area contributed by atoms with Gasteiger partial charge in [0.2, 0.25) is 0 Å². The van der Waals surface area contributed by atoms with Crippen molar-refractivity contribution in [3.63, 3.8) is 0 Å². The van der Waals surface area contributed by atoms with Crippen molar-refractivity contribution in [2.24, 2.45) is 23.7 Å². The van der Waals surface area contributed by atoms with Gasteiger partial charge in [0.25, 0.3) is 0 Å². The van der Waals surface area contributed by atoms with Gasteiger partial charge in [0.15, 0.2) is 0 Å². The largest absolute Gasteiger partial charge is 0.409 e. The number of halogens is 4. The lowest BCUT2D eigenvalue weighted by Crippen LogP contribution is -2.25. The van der Waals surface area contributed by atoms with Gasteiger partial charge >= 0.3 is 6.18 Å². The normalized spacial score (nSPS) is 28.6. The number of benzene rings is 1. The second-order valence-corrected chi connectivity index (χ2v) is 8.96. The van der Waals surface area contributed by atoms with Crippen molar-refractivity contribution in [3.05, 3.63) is 53.9 Å². The minimum absolute atomic E-state index is 0.0160. The van der Waals surface area contributed by atoms with Crippen LogP contribution in [0.5, 0.6) is 0 Å². The molecule has 0 N–H and O–H groups in total. The summed E-state index contributed by atoms with van der Waals surface area (Å²) in [5.74, 6) is 2.58. The van der Waals surface area contributed by atoms with Crippen LogP contribution in [0.3, 0.4) is 0 Å². The van der Waals surface area contributed by atoms with E-state index >= 15 is 0 Å². The highest BCUT2D eigenvalue weighted by Gasteiger charge is 2.30. The van der Waals surface area contributed by atoms with E-state index < -0.39 is 12.0 Å². The molecular formula is C25H32F4. The third-order valence-electron chi connectivity index (χ3n) is 7.07. The average molecular weight is 409 g/mol. The second-order valence-electron chi connectivity index (χ2n) is 8.96. The zero-order chi connectivity index (χ0) is 20.9. The summed E-state index contributed by atoms with van der Waals surface area (Å²) in [7, 11) is 0. The molecule has 0 heterocycles. The van der Waals surface area contributed by atoms with Gasteiger partial charge in [-0.3, -0.25) is 0 Å². The Morgan fingerprint density at radius 1 is 0.931 bits per heavy atom. The van der Waals surface area contributed by atoms with Gasteiger partial charge in [-0.25, -0.2) is 4.39 Å². The Morgan fingerprint density at radius 3 is 2.10 bits per heavy atom. The number of hydrogen-bond donors (Lipinski definition) is 0. The molecule has 160 valence electrons. The Hall–Kier alpha value is -1.58. The zero-order valence-corrected chi connectivity index (χ0v) is 17.1. The summed E-state index contributed by atoms with van der Waals surface area (Å²) in [5, 5.41) is 0. The molecule has 0 bridgehead atoms. The minimum Gasteiger partial charge on any atom is -0.206 e. The van der Waals surface area contributed by atoms with Crippen LogP contribution >= 0.6 is 0 Å². The molecule has 0 saturated heterocycles. The van der Waals surface area contributed by atoms with E-state index in [2.05, 4.69) is 12.7 Å². The molecule has 0 radical (unpaired) electrons. The summed E-state index contributed by atoms with van der Waals surface area (Å²) in [6.07, 6.45) is 10.8. The maximum atomic E-state index is 14.1. The van der Waals surface area contributed by atoms with Crippen molar-refractivity contribution in [1.82, 2.24) is 0 Å². The summed E-state index contributed by atoms with van der Waals surface area (Å²) in [4.78, 5) is 0. The van der Waals surface area contributed by atoms with Crippen molar-refractivity contribution >= 4 is 6.08 Å². The SMILES string of the molecule is C=CC1CCC(C2CCC(CCc3ccc(C=CC(F)(F)F)c(F)c3)CC2)CC1. The smallest absolute Gasteiger partial charge is 0.206 e. The summed E-state index contributed by atoms with van der Waals surface area (Å²) in [6, 6.07) is 4.59. The van der Waals surface area contributed by atoms with Crippen LogP contribution in [0.2, 0.25) is 0 Å². The maximum absolute atomic E-state index is 14.1. The first kappa shape index (κ1) is 22.1. The van der Waals surface area contributed by atoms with Gasteiger partial charge in [-0.2, -0.15) is 13.2 Å². The molecule has 2 fully saturated rings. The van der Waals surface area contributed by atoms with Gasteiger partial charge in [-0.15, -0.1) is 6.58 Å². The van der Waals surface area contributed by atoms with E-state index in [9.17, 15) is 17.6 Å². The van der Waals surface area contributed by atoms with Gasteiger partial charge in [0, 0.05) is 11.6 Å². The highest BCUT2D eigenvalue weighted by molar-refractivity contribution is 5.51. The molecule has 1 aromatic rings. The molecule has 2 saturated carbocycles. The van der Waals surface area contributed by atoms with E-state index in [0.29, 0.717) is 5.92 Å². The zero-order valence-electron chi connectivity index (χ0n) is 17.1. The molecule has 0 aromatic heterocycles. The summed E-state index contributed by atoms with van der Waals surface area (Å²) >= 11 is 0. The van der Waals surface area contributed by atoms with E-state index in [-0.39, 0.29) is 11.6 Å². The van der Waals surface area contributed by atoms with Gasteiger partial charge in [-0.1, -0.05) is 31.1 Å². The van der Waals surface area contributed by atoms with Crippen molar-refractivity contribution in [2.45, 2.75) is 70.4 Å². The lowest BCUT2D eigenvalue weighted by molar-refractivity contribution is -0.0790. The number of rotatable bonds is 6. The monoisotopic (exact) mass is 408 g/mol. The topological polar surface area (TPSA) is 0 Å². The maximum Gasteiger partial charge on any atom is 0.409 e. The first-order valence-electron chi connectivity index (χ1n) is 11.0. The average Bonchev–Trinajstić information content (AvgIpc) is 2.71. The Kier molecular flexibility index (Phi) is 7.59. The van der Waals surface area contributed by atoms with Crippen LogP contribution < -0.4 is 0 Å².